The van der Waals surface area contributed by atoms with Crippen molar-refractivity contribution < 1.29 is 27.4 Å². The lowest BCUT2D eigenvalue weighted by atomic mass is 10.5. The molecular formula is C10H19F3N2O3. The average molecular weight is 272 g/mol. The van der Waals surface area contributed by atoms with Gasteiger partial charge in [-0.25, -0.2) is 0 Å². The molecule has 18 heavy (non-hydrogen) atoms. The van der Waals surface area contributed by atoms with E-state index in [1.807, 2.05) is 5.32 Å². The molecule has 0 rings (SSSR count). The highest BCUT2D eigenvalue weighted by atomic mass is 19.4. The van der Waals surface area contributed by atoms with Crippen molar-refractivity contribution in [1.29, 1.82) is 0 Å². The van der Waals surface area contributed by atoms with Gasteiger partial charge < -0.3 is 20.1 Å². The van der Waals surface area contributed by atoms with Crippen molar-refractivity contribution in [3.8, 4) is 0 Å². The number of hydrogen-bond donors (Lipinski definition) is 2. The molecule has 0 unspecified atom stereocenters. The monoisotopic (exact) mass is 272 g/mol. The van der Waals surface area contributed by atoms with Crippen molar-refractivity contribution in [3.05, 3.63) is 0 Å². The van der Waals surface area contributed by atoms with Crippen LogP contribution in [0.5, 0.6) is 0 Å². The first-order valence-corrected chi connectivity index (χ1v) is 5.66. The molecule has 0 aliphatic carbocycles. The van der Waals surface area contributed by atoms with Crippen LogP contribution in [0.3, 0.4) is 0 Å². The highest BCUT2D eigenvalue weighted by Crippen LogP contribution is 2.11. The highest BCUT2D eigenvalue weighted by Gasteiger charge is 2.26. The normalized spacial score (nSPS) is 11.9. The summed E-state index contributed by atoms with van der Waals surface area (Å²) in [5.74, 6) is -0.538. The Labute approximate surface area is 104 Å². The molecule has 8 heteroatoms. The largest absolute Gasteiger partial charge is 0.401 e. The van der Waals surface area contributed by atoms with Crippen LogP contribution in [0.4, 0.5) is 13.2 Å². The molecule has 0 aromatic heterocycles. The van der Waals surface area contributed by atoms with E-state index < -0.39 is 31.5 Å². The molecule has 0 bridgehead atoms. The first-order chi connectivity index (χ1) is 8.39. The van der Waals surface area contributed by atoms with Gasteiger partial charge in [-0.1, -0.05) is 0 Å². The van der Waals surface area contributed by atoms with Crippen LogP contribution in [0, 0.1) is 0 Å². The van der Waals surface area contributed by atoms with Gasteiger partial charge in [0.1, 0.15) is 0 Å². The van der Waals surface area contributed by atoms with Crippen LogP contribution in [0.1, 0.15) is 13.8 Å². The minimum absolute atomic E-state index is 0.105. The van der Waals surface area contributed by atoms with Gasteiger partial charge in [0, 0.05) is 13.2 Å². The van der Waals surface area contributed by atoms with Gasteiger partial charge in [0.2, 0.25) is 5.91 Å². The topological polar surface area (TPSA) is 59.6 Å². The summed E-state index contributed by atoms with van der Waals surface area (Å²) in [5.41, 5.74) is 0. The summed E-state index contributed by atoms with van der Waals surface area (Å²) in [6, 6.07) is 0. The number of halogens is 3. The first-order valence-electron chi connectivity index (χ1n) is 5.66. The Morgan fingerprint density at radius 1 is 1.22 bits per heavy atom. The number of amides is 1. The Hall–Kier alpha value is -0.860. The Morgan fingerprint density at radius 2 is 1.78 bits per heavy atom. The van der Waals surface area contributed by atoms with Gasteiger partial charge >= 0.3 is 6.18 Å². The molecule has 0 saturated carbocycles. The van der Waals surface area contributed by atoms with E-state index in [2.05, 4.69) is 5.32 Å². The van der Waals surface area contributed by atoms with Gasteiger partial charge in [0.05, 0.1) is 19.6 Å². The summed E-state index contributed by atoms with van der Waals surface area (Å²) in [7, 11) is 0. The Morgan fingerprint density at radius 3 is 2.22 bits per heavy atom. The van der Waals surface area contributed by atoms with E-state index in [1.54, 1.807) is 13.8 Å². The van der Waals surface area contributed by atoms with Crippen LogP contribution in [0.25, 0.3) is 0 Å². The number of rotatable bonds is 9. The fourth-order valence-electron chi connectivity index (χ4n) is 1.12. The summed E-state index contributed by atoms with van der Waals surface area (Å²) in [6.45, 7) is 2.91. The third kappa shape index (κ3) is 10.3. The van der Waals surface area contributed by atoms with Gasteiger partial charge in [0.25, 0.3) is 0 Å². The fourth-order valence-corrected chi connectivity index (χ4v) is 1.12. The van der Waals surface area contributed by atoms with Crippen LogP contribution >= 0.6 is 0 Å². The van der Waals surface area contributed by atoms with Crippen molar-refractivity contribution in [1.82, 2.24) is 10.6 Å². The van der Waals surface area contributed by atoms with E-state index >= 15 is 0 Å². The molecule has 108 valence electrons. The van der Waals surface area contributed by atoms with Gasteiger partial charge in [0.15, 0.2) is 6.29 Å². The van der Waals surface area contributed by atoms with Crippen molar-refractivity contribution >= 4 is 5.91 Å². The lowest BCUT2D eigenvalue weighted by Crippen LogP contribution is -2.41. The minimum Gasteiger partial charge on any atom is -0.351 e. The molecule has 0 aliphatic heterocycles. The number of hydrogen-bond acceptors (Lipinski definition) is 4. The predicted octanol–water partition coefficient (Wildman–Crippen LogP) is 0.654. The maximum Gasteiger partial charge on any atom is 0.401 e. The van der Waals surface area contributed by atoms with Gasteiger partial charge in [-0.3, -0.25) is 4.79 Å². The zero-order chi connectivity index (χ0) is 14.0. The van der Waals surface area contributed by atoms with Crippen LogP contribution < -0.4 is 10.6 Å². The summed E-state index contributed by atoms with van der Waals surface area (Å²) < 4.78 is 45.7. The molecule has 5 nitrogen and oxygen atoms in total. The Bertz CT molecular complexity index is 231. The molecule has 2 N–H and O–H groups in total. The van der Waals surface area contributed by atoms with Crippen LogP contribution in [-0.2, 0) is 14.3 Å². The molecule has 0 aromatic carbocycles. The summed E-state index contributed by atoms with van der Waals surface area (Å²) in [4.78, 5) is 11.2. The van der Waals surface area contributed by atoms with E-state index in [9.17, 15) is 18.0 Å². The molecule has 0 saturated heterocycles. The predicted molar refractivity (Wildman–Crippen MR) is 59.0 cm³/mol. The Balaban J connectivity index is 3.73. The molecule has 0 atom stereocenters. The highest BCUT2D eigenvalue weighted by molar-refractivity contribution is 5.77. The molecule has 0 fully saturated rings. The second kappa shape index (κ2) is 9.12. The summed E-state index contributed by atoms with van der Waals surface area (Å²) >= 11 is 0. The third-order valence-electron chi connectivity index (χ3n) is 1.78. The molecule has 1 amide bonds. The average Bonchev–Trinajstić information content (AvgIpc) is 2.25. The van der Waals surface area contributed by atoms with Gasteiger partial charge in [-0.15, -0.1) is 0 Å². The lowest BCUT2D eigenvalue weighted by molar-refractivity contribution is -0.141. The second-order valence-corrected chi connectivity index (χ2v) is 3.36. The number of nitrogens with one attached hydrogen (secondary N) is 2. The number of carbonyl (C=O) groups is 1. The first kappa shape index (κ1) is 17.1. The number of alkyl halides is 3. The van der Waals surface area contributed by atoms with Crippen molar-refractivity contribution in [2.75, 3.05) is 32.8 Å². The number of ether oxygens (including phenoxy) is 2. The van der Waals surface area contributed by atoms with E-state index in [1.165, 1.54) is 0 Å². The molecular weight excluding hydrogens is 253 g/mol. The molecule has 0 aromatic rings. The Kier molecular flexibility index (Phi) is 8.69. The SMILES string of the molecule is CCOC(CNC(=O)CNCC(F)(F)F)OCC. The maximum atomic E-state index is 11.8. The van der Waals surface area contributed by atoms with Crippen molar-refractivity contribution in [2.45, 2.75) is 26.3 Å². The van der Waals surface area contributed by atoms with Gasteiger partial charge in [-0.05, 0) is 13.8 Å². The fraction of sp³-hybridized carbons (Fsp3) is 0.900. The van der Waals surface area contributed by atoms with E-state index in [0.29, 0.717) is 13.2 Å². The van der Waals surface area contributed by atoms with Crippen LogP contribution in [-0.4, -0.2) is 51.2 Å². The van der Waals surface area contributed by atoms with Crippen molar-refractivity contribution in [2.24, 2.45) is 0 Å². The number of carbonyl (C=O) groups excluding carboxylic acids is 1. The van der Waals surface area contributed by atoms with Crippen LogP contribution in [0.2, 0.25) is 0 Å². The smallest absolute Gasteiger partial charge is 0.351 e. The third-order valence-corrected chi connectivity index (χ3v) is 1.78. The quantitative estimate of drug-likeness (QED) is 0.605. The van der Waals surface area contributed by atoms with E-state index in [0.717, 1.165) is 0 Å². The summed E-state index contributed by atoms with van der Waals surface area (Å²) in [5, 5.41) is 4.41. The second-order valence-electron chi connectivity index (χ2n) is 3.36. The zero-order valence-corrected chi connectivity index (χ0v) is 10.5. The summed E-state index contributed by atoms with van der Waals surface area (Å²) in [6.07, 6.45) is -4.90. The molecule has 0 aliphatic rings. The molecule has 0 heterocycles. The maximum absolute atomic E-state index is 11.8. The minimum atomic E-state index is -4.32. The van der Waals surface area contributed by atoms with E-state index in [4.69, 9.17) is 9.47 Å². The molecule has 0 radical (unpaired) electrons. The van der Waals surface area contributed by atoms with Crippen molar-refractivity contribution in [3.63, 3.8) is 0 Å². The van der Waals surface area contributed by atoms with E-state index in [-0.39, 0.29) is 6.54 Å². The van der Waals surface area contributed by atoms with Crippen LogP contribution in [0.15, 0.2) is 0 Å². The zero-order valence-electron chi connectivity index (χ0n) is 10.5. The van der Waals surface area contributed by atoms with Gasteiger partial charge in [-0.2, -0.15) is 13.2 Å². The molecule has 0 spiro atoms. The lowest BCUT2D eigenvalue weighted by Gasteiger charge is -2.17. The standard InChI is InChI=1S/C10H19F3N2O3/c1-3-17-9(18-4-2)6-15-8(16)5-14-7-10(11,12)13/h9,14H,3-7H2,1-2H3,(H,15,16).